The molecule has 34 heavy (non-hydrogen) atoms. The Morgan fingerprint density at radius 2 is 1.76 bits per heavy atom. The van der Waals surface area contributed by atoms with Crippen molar-refractivity contribution in [3.8, 4) is 16.9 Å². The van der Waals surface area contributed by atoms with Gasteiger partial charge in [0.2, 0.25) is 0 Å². The maximum absolute atomic E-state index is 13.4. The van der Waals surface area contributed by atoms with Crippen LogP contribution in [0, 0.1) is 6.92 Å². The molecule has 1 aliphatic heterocycles. The maximum Gasteiger partial charge on any atom is 0.325 e. The van der Waals surface area contributed by atoms with Crippen molar-refractivity contribution in [3.05, 3.63) is 89.0 Å². The van der Waals surface area contributed by atoms with Crippen LogP contribution in [0.15, 0.2) is 66.7 Å². The summed E-state index contributed by atoms with van der Waals surface area (Å²) in [6.45, 7) is 3.71. The fraction of sp³-hybridized carbons (Fsp3) is 0.222. The number of ether oxygens (including phenoxy) is 1. The molecular formula is C27H26N2O5. The van der Waals surface area contributed by atoms with Crippen molar-refractivity contribution >= 4 is 17.9 Å². The fourth-order valence-electron chi connectivity index (χ4n) is 4.34. The zero-order valence-electron chi connectivity index (χ0n) is 19.3. The monoisotopic (exact) mass is 458 g/mol. The molecule has 1 atom stereocenters. The molecule has 0 aliphatic carbocycles. The van der Waals surface area contributed by atoms with Gasteiger partial charge >= 0.3 is 12.0 Å². The molecular weight excluding hydrogens is 432 g/mol. The van der Waals surface area contributed by atoms with Crippen molar-refractivity contribution in [2.45, 2.75) is 32.4 Å². The van der Waals surface area contributed by atoms with Gasteiger partial charge in [-0.3, -0.25) is 14.5 Å². The average Bonchev–Trinajstić information content (AvgIpc) is 3.03. The molecule has 0 saturated carbocycles. The van der Waals surface area contributed by atoms with Crippen LogP contribution >= 0.6 is 0 Å². The molecule has 1 fully saturated rings. The van der Waals surface area contributed by atoms with Gasteiger partial charge in [0.25, 0.3) is 5.91 Å². The van der Waals surface area contributed by atoms with Gasteiger partial charge in [-0.2, -0.15) is 0 Å². The number of imide groups is 1. The quantitative estimate of drug-likeness (QED) is 0.516. The molecule has 2 N–H and O–H groups in total. The molecule has 3 amide bonds. The number of hydrogen-bond acceptors (Lipinski definition) is 4. The second-order valence-corrected chi connectivity index (χ2v) is 8.58. The third kappa shape index (κ3) is 4.24. The predicted molar refractivity (Wildman–Crippen MR) is 127 cm³/mol. The first-order chi connectivity index (χ1) is 16.2. The number of aliphatic carboxylic acids is 1. The van der Waals surface area contributed by atoms with Crippen molar-refractivity contribution in [2.75, 3.05) is 7.11 Å². The van der Waals surface area contributed by atoms with E-state index in [9.17, 15) is 19.5 Å². The van der Waals surface area contributed by atoms with Gasteiger partial charge < -0.3 is 15.2 Å². The van der Waals surface area contributed by atoms with Gasteiger partial charge in [-0.1, -0.05) is 60.2 Å². The second kappa shape index (κ2) is 9.02. The van der Waals surface area contributed by atoms with Crippen LogP contribution in [0.2, 0.25) is 0 Å². The number of rotatable bonds is 7. The lowest BCUT2D eigenvalue weighted by molar-refractivity contribution is -0.136. The zero-order chi connectivity index (χ0) is 24.5. The zero-order valence-corrected chi connectivity index (χ0v) is 19.3. The number of carboxylic acid groups (broad SMARTS) is 1. The summed E-state index contributed by atoms with van der Waals surface area (Å²) in [5.74, 6) is -0.687. The summed E-state index contributed by atoms with van der Waals surface area (Å²) >= 11 is 0. The van der Waals surface area contributed by atoms with Crippen LogP contribution < -0.4 is 10.1 Å². The highest BCUT2D eigenvalue weighted by Crippen LogP contribution is 2.36. The molecule has 1 saturated heterocycles. The van der Waals surface area contributed by atoms with E-state index in [1.54, 1.807) is 32.2 Å². The highest BCUT2D eigenvalue weighted by molar-refractivity contribution is 6.07. The Morgan fingerprint density at radius 1 is 1.03 bits per heavy atom. The molecule has 7 nitrogen and oxygen atoms in total. The molecule has 3 aromatic carbocycles. The normalized spacial score (nSPS) is 17.6. The van der Waals surface area contributed by atoms with E-state index in [0.29, 0.717) is 22.4 Å². The van der Waals surface area contributed by atoms with Crippen LogP contribution in [0.5, 0.6) is 5.75 Å². The Hall–Kier alpha value is -4.13. The summed E-state index contributed by atoms with van der Waals surface area (Å²) in [6.07, 6.45) is -0.124. The van der Waals surface area contributed by atoms with Crippen LogP contribution in [0.4, 0.5) is 4.79 Å². The summed E-state index contributed by atoms with van der Waals surface area (Å²) in [6, 6.07) is 19.7. The third-order valence-electron chi connectivity index (χ3n) is 6.12. The molecule has 174 valence electrons. The van der Waals surface area contributed by atoms with Crippen LogP contribution in [0.1, 0.15) is 29.2 Å². The van der Waals surface area contributed by atoms with Crippen molar-refractivity contribution in [1.29, 1.82) is 0 Å². The number of hydrogen-bond donors (Lipinski definition) is 2. The molecule has 0 aromatic heterocycles. The molecule has 0 bridgehead atoms. The van der Waals surface area contributed by atoms with Crippen LogP contribution in [-0.4, -0.2) is 35.0 Å². The van der Waals surface area contributed by atoms with Crippen molar-refractivity contribution in [1.82, 2.24) is 10.2 Å². The van der Waals surface area contributed by atoms with Gasteiger partial charge in [-0.05, 0) is 48.2 Å². The Bertz CT molecular complexity index is 1270. The van der Waals surface area contributed by atoms with E-state index < -0.39 is 17.5 Å². The topological polar surface area (TPSA) is 95.9 Å². The van der Waals surface area contributed by atoms with Gasteiger partial charge in [0.05, 0.1) is 20.1 Å². The van der Waals surface area contributed by atoms with E-state index in [4.69, 9.17) is 4.74 Å². The van der Waals surface area contributed by atoms with E-state index >= 15 is 0 Å². The first kappa shape index (κ1) is 23.0. The minimum absolute atomic E-state index is 0.0659. The number of nitrogens with zero attached hydrogens (tertiary/aromatic N) is 1. The van der Waals surface area contributed by atoms with E-state index in [0.717, 1.165) is 16.7 Å². The number of nitrogens with one attached hydrogen (secondary N) is 1. The van der Waals surface area contributed by atoms with Crippen LogP contribution in [0.3, 0.4) is 0 Å². The first-order valence-electron chi connectivity index (χ1n) is 10.9. The van der Waals surface area contributed by atoms with Gasteiger partial charge in [0, 0.05) is 5.56 Å². The van der Waals surface area contributed by atoms with E-state index in [2.05, 4.69) is 5.32 Å². The molecule has 1 aliphatic rings. The highest BCUT2D eigenvalue weighted by atomic mass is 16.5. The Morgan fingerprint density at radius 3 is 2.44 bits per heavy atom. The predicted octanol–water partition coefficient (Wildman–Crippen LogP) is 4.26. The smallest absolute Gasteiger partial charge is 0.325 e. The first-order valence-corrected chi connectivity index (χ1v) is 10.9. The Labute approximate surface area is 198 Å². The van der Waals surface area contributed by atoms with Crippen molar-refractivity contribution in [2.24, 2.45) is 0 Å². The summed E-state index contributed by atoms with van der Waals surface area (Å²) in [7, 11) is 1.55. The number of methoxy groups -OCH3 is 1. The molecule has 1 heterocycles. The summed E-state index contributed by atoms with van der Waals surface area (Å²) in [5, 5.41) is 12.1. The number of carbonyl (C=O) groups excluding carboxylic acids is 2. The molecule has 3 aromatic rings. The van der Waals surface area contributed by atoms with Crippen LogP contribution in [-0.2, 0) is 28.1 Å². The summed E-state index contributed by atoms with van der Waals surface area (Å²) in [4.78, 5) is 38.8. The lowest BCUT2D eigenvalue weighted by Crippen LogP contribution is -2.40. The number of carboxylic acids is 1. The van der Waals surface area contributed by atoms with Gasteiger partial charge in [0.15, 0.2) is 0 Å². The Balaban J connectivity index is 1.74. The maximum atomic E-state index is 13.4. The second-order valence-electron chi connectivity index (χ2n) is 8.58. The Kier molecular flexibility index (Phi) is 6.11. The molecule has 4 rings (SSSR count). The minimum Gasteiger partial charge on any atom is -0.496 e. The van der Waals surface area contributed by atoms with Crippen molar-refractivity contribution < 1.29 is 24.2 Å². The standard InChI is InChI=1S/C27H26N2O5/c1-17-9-11-21(22-14-18(15-24(30)31)10-12-23(22)34-3)19(13-17)16-29-25(32)27(2,28-26(29)33)20-7-5-4-6-8-20/h4-14H,15-16H2,1-3H3,(H,28,33)(H,30,31). The van der Waals surface area contributed by atoms with Crippen LogP contribution in [0.25, 0.3) is 11.1 Å². The average molecular weight is 459 g/mol. The summed E-state index contributed by atoms with van der Waals surface area (Å²) in [5.41, 5.74) is 3.38. The molecule has 7 heteroatoms. The number of benzene rings is 3. The summed E-state index contributed by atoms with van der Waals surface area (Å²) < 4.78 is 5.54. The number of urea groups is 1. The fourth-order valence-corrected chi connectivity index (χ4v) is 4.34. The van der Waals surface area contributed by atoms with Crippen molar-refractivity contribution in [3.63, 3.8) is 0 Å². The van der Waals surface area contributed by atoms with Gasteiger partial charge in [-0.25, -0.2) is 4.79 Å². The number of aryl methyl sites for hydroxylation is 1. The highest BCUT2D eigenvalue weighted by Gasteiger charge is 2.48. The van der Waals surface area contributed by atoms with Gasteiger partial charge in [-0.15, -0.1) is 0 Å². The third-order valence-corrected chi connectivity index (χ3v) is 6.12. The number of amides is 3. The van der Waals surface area contributed by atoms with E-state index in [1.165, 1.54) is 4.90 Å². The van der Waals surface area contributed by atoms with E-state index in [1.807, 2.05) is 55.5 Å². The van der Waals surface area contributed by atoms with E-state index in [-0.39, 0.29) is 18.9 Å². The minimum atomic E-state index is -1.15. The largest absolute Gasteiger partial charge is 0.496 e. The molecule has 0 spiro atoms. The SMILES string of the molecule is COc1ccc(CC(=O)O)cc1-c1ccc(C)cc1CN1C(=O)NC(C)(c2ccccc2)C1=O. The molecule has 1 unspecified atom stereocenters. The number of carbonyl (C=O) groups is 3. The molecule has 0 radical (unpaired) electrons. The lowest BCUT2D eigenvalue weighted by atomic mass is 9.91. The lowest BCUT2D eigenvalue weighted by Gasteiger charge is -2.23. The van der Waals surface area contributed by atoms with Gasteiger partial charge in [0.1, 0.15) is 11.3 Å².